The van der Waals surface area contributed by atoms with Crippen molar-refractivity contribution >= 4 is 16.2 Å². The maximum Gasteiger partial charge on any atom is 0.420 e. The Labute approximate surface area is 144 Å². The number of tetrazole rings is 1. The number of hydrogen-bond donors (Lipinski definition) is 1. The van der Waals surface area contributed by atoms with E-state index in [1.807, 2.05) is 0 Å². The van der Waals surface area contributed by atoms with Gasteiger partial charge in [-0.05, 0) is 48.7 Å². The van der Waals surface area contributed by atoms with Crippen molar-refractivity contribution in [2.75, 3.05) is 6.61 Å². The Hall–Kier alpha value is -2.53. The highest BCUT2D eigenvalue weighted by molar-refractivity contribution is 7.87. The average Bonchev–Trinajstić information content (AvgIpc) is 3.03. The third-order valence-electron chi connectivity index (χ3n) is 3.69. The Balaban J connectivity index is 1.71. The van der Waals surface area contributed by atoms with Gasteiger partial charge >= 0.3 is 16.2 Å². The number of ether oxygens (including phenoxy) is 1. The van der Waals surface area contributed by atoms with Gasteiger partial charge in [-0.15, -0.1) is 10.2 Å². The molecule has 11 heteroatoms. The summed E-state index contributed by atoms with van der Waals surface area (Å²) >= 11 is 0. The maximum absolute atomic E-state index is 11.7. The molecular weight excluding hydrogens is 350 g/mol. The van der Waals surface area contributed by atoms with Crippen molar-refractivity contribution in [3.63, 3.8) is 0 Å². The first-order valence-corrected chi connectivity index (χ1v) is 9.08. The number of nitrogens with zero attached hydrogens (tertiary/aromatic N) is 4. The van der Waals surface area contributed by atoms with E-state index in [0.717, 1.165) is 25.9 Å². The van der Waals surface area contributed by atoms with E-state index in [9.17, 15) is 13.2 Å². The Bertz CT molecular complexity index is 843. The first kappa shape index (κ1) is 17.3. The first-order chi connectivity index (χ1) is 11.9. The van der Waals surface area contributed by atoms with Crippen molar-refractivity contribution in [2.45, 2.75) is 36.8 Å². The zero-order valence-electron chi connectivity index (χ0n) is 13.2. The molecule has 0 saturated carbocycles. The van der Waals surface area contributed by atoms with Gasteiger partial charge in [0.1, 0.15) is 4.90 Å². The van der Waals surface area contributed by atoms with Gasteiger partial charge in [-0.25, -0.2) is 4.79 Å². The molecule has 25 heavy (non-hydrogen) atoms. The molecule has 1 fully saturated rings. The molecule has 10 nitrogen and oxygen atoms in total. The largest absolute Gasteiger partial charge is 0.420 e. The van der Waals surface area contributed by atoms with Gasteiger partial charge in [-0.1, -0.05) is 0 Å². The summed E-state index contributed by atoms with van der Waals surface area (Å²) in [5.74, 6) is 0.357. The molecule has 134 valence electrons. The minimum Gasteiger partial charge on any atom is -0.376 e. The lowest BCUT2D eigenvalue weighted by Crippen LogP contribution is -2.25. The zero-order valence-corrected chi connectivity index (χ0v) is 14.1. The normalized spacial score (nSPS) is 18.0. The van der Waals surface area contributed by atoms with Crippen LogP contribution in [0.2, 0.25) is 0 Å². The molecule has 0 radical (unpaired) electrons. The smallest absolute Gasteiger partial charge is 0.376 e. The maximum atomic E-state index is 11.7. The van der Waals surface area contributed by atoms with Crippen LogP contribution in [0.3, 0.4) is 0 Å². The van der Waals surface area contributed by atoms with E-state index in [4.69, 9.17) is 10.5 Å². The van der Waals surface area contributed by atoms with Crippen LogP contribution in [-0.2, 0) is 25.6 Å². The van der Waals surface area contributed by atoms with Gasteiger partial charge in [0, 0.05) is 12.2 Å². The molecule has 0 bridgehead atoms. The van der Waals surface area contributed by atoms with Crippen molar-refractivity contribution in [3.05, 3.63) is 24.3 Å². The fourth-order valence-electron chi connectivity index (χ4n) is 2.50. The van der Waals surface area contributed by atoms with Crippen molar-refractivity contribution in [2.24, 2.45) is 5.73 Å². The molecule has 1 atom stereocenters. The molecule has 0 spiro atoms. The van der Waals surface area contributed by atoms with Crippen molar-refractivity contribution in [1.29, 1.82) is 0 Å². The van der Waals surface area contributed by atoms with Crippen LogP contribution in [0.4, 0.5) is 4.79 Å². The van der Waals surface area contributed by atoms with Gasteiger partial charge in [-0.2, -0.15) is 13.2 Å². The second kappa shape index (κ2) is 7.15. The lowest BCUT2D eigenvalue weighted by molar-refractivity contribution is 0.00133. The number of benzene rings is 1. The number of primary amides is 1. The Morgan fingerprint density at radius 2 is 2.08 bits per heavy atom. The lowest BCUT2D eigenvalue weighted by atomic mass is 10.1. The average molecular weight is 367 g/mol. The van der Waals surface area contributed by atoms with Crippen molar-refractivity contribution in [3.8, 4) is 11.4 Å². The van der Waals surface area contributed by atoms with E-state index in [1.54, 1.807) is 0 Å². The highest BCUT2D eigenvalue weighted by Gasteiger charge is 2.19. The van der Waals surface area contributed by atoms with Crippen LogP contribution in [-0.4, -0.2) is 47.4 Å². The molecule has 1 amide bonds. The summed E-state index contributed by atoms with van der Waals surface area (Å²) in [6.45, 7) is 1.27. The van der Waals surface area contributed by atoms with Crippen LogP contribution < -0.4 is 5.73 Å². The van der Waals surface area contributed by atoms with Crippen LogP contribution in [0.25, 0.3) is 11.4 Å². The summed E-state index contributed by atoms with van der Waals surface area (Å²) < 4.78 is 33.2. The van der Waals surface area contributed by atoms with Gasteiger partial charge in [0.25, 0.3) is 0 Å². The van der Waals surface area contributed by atoms with Crippen LogP contribution in [0.5, 0.6) is 0 Å². The minimum atomic E-state index is -4.23. The monoisotopic (exact) mass is 367 g/mol. The van der Waals surface area contributed by atoms with E-state index >= 15 is 0 Å². The number of carbonyl (C=O) groups excluding carboxylic acids is 1. The lowest BCUT2D eigenvalue weighted by Gasteiger charge is -2.21. The van der Waals surface area contributed by atoms with Crippen LogP contribution in [0.15, 0.2) is 29.2 Å². The summed E-state index contributed by atoms with van der Waals surface area (Å²) in [5.41, 5.74) is 5.31. The van der Waals surface area contributed by atoms with Crippen LogP contribution >= 0.6 is 0 Å². The van der Waals surface area contributed by atoms with Crippen molar-refractivity contribution in [1.82, 2.24) is 20.2 Å². The fraction of sp³-hybridized carbons (Fsp3) is 0.429. The van der Waals surface area contributed by atoms with E-state index < -0.39 is 16.2 Å². The summed E-state index contributed by atoms with van der Waals surface area (Å²) in [6.07, 6.45) is 1.84. The Morgan fingerprint density at radius 3 is 2.72 bits per heavy atom. The van der Waals surface area contributed by atoms with Crippen molar-refractivity contribution < 1.29 is 22.1 Å². The molecule has 2 aromatic rings. The number of carbonyl (C=O) groups is 1. The number of aromatic nitrogens is 4. The van der Waals surface area contributed by atoms with Gasteiger partial charge < -0.3 is 14.7 Å². The Morgan fingerprint density at radius 1 is 1.32 bits per heavy atom. The quantitative estimate of drug-likeness (QED) is 0.762. The van der Waals surface area contributed by atoms with Gasteiger partial charge in [0.2, 0.25) is 5.82 Å². The van der Waals surface area contributed by atoms with Crippen LogP contribution in [0.1, 0.15) is 19.3 Å². The predicted octanol–water partition coefficient (Wildman–Crippen LogP) is 0.693. The van der Waals surface area contributed by atoms with E-state index in [0.29, 0.717) is 17.9 Å². The Kier molecular flexibility index (Phi) is 4.95. The predicted molar refractivity (Wildman–Crippen MR) is 84.7 cm³/mol. The molecule has 1 aromatic heterocycles. The van der Waals surface area contributed by atoms with E-state index in [1.165, 1.54) is 29.1 Å². The molecule has 2 heterocycles. The summed E-state index contributed by atoms with van der Waals surface area (Å²) in [6, 6.07) is 5.54. The molecule has 1 unspecified atom stereocenters. The summed E-state index contributed by atoms with van der Waals surface area (Å²) in [5, 5.41) is 12.2. The minimum absolute atomic E-state index is 0.0780. The number of rotatable bonds is 5. The second-order valence-electron chi connectivity index (χ2n) is 5.54. The number of amides is 1. The first-order valence-electron chi connectivity index (χ1n) is 7.68. The zero-order chi connectivity index (χ0) is 17.9. The fourth-order valence-corrected chi connectivity index (χ4v) is 3.28. The van der Waals surface area contributed by atoms with Gasteiger partial charge in [-0.3, -0.25) is 0 Å². The molecule has 1 aliphatic rings. The van der Waals surface area contributed by atoms with E-state index in [-0.39, 0.29) is 11.0 Å². The third-order valence-corrected chi connectivity index (χ3v) is 4.92. The SMILES string of the molecule is NC(=O)OS(=O)(=O)c1ccc(-c2nnn(CC3CCCCO3)n2)cc1. The molecule has 1 aliphatic heterocycles. The van der Waals surface area contributed by atoms with Crippen LogP contribution in [0, 0.1) is 0 Å². The molecule has 3 rings (SSSR count). The molecule has 1 aromatic carbocycles. The molecule has 1 saturated heterocycles. The highest BCUT2D eigenvalue weighted by atomic mass is 32.2. The highest BCUT2D eigenvalue weighted by Crippen LogP contribution is 2.19. The van der Waals surface area contributed by atoms with E-state index in [2.05, 4.69) is 19.6 Å². The number of hydrogen-bond acceptors (Lipinski definition) is 8. The number of nitrogens with two attached hydrogens (primary N) is 1. The summed E-state index contributed by atoms with van der Waals surface area (Å²) in [7, 11) is -4.23. The second-order valence-corrected chi connectivity index (χ2v) is 7.08. The third kappa shape index (κ3) is 4.31. The topological polar surface area (TPSA) is 139 Å². The van der Waals surface area contributed by atoms with Gasteiger partial charge in [0.05, 0.1) is 12.6 Å². The standard InChI is InChI=1S/C14H17N5O5S/c15-14(20)24-25(21,22)12-6-4-10(5-7-12)13-16-18-19(17-13)9-11-3-1-2-8-23-11/h4-7,11H,1-3,8-9H2,(H2,15,20). The molecule has 0 aliphatic carbocycles. The molecular formula is C14H17N5O5S. The van der Waals surface area contributed by atoms with Gasteiger partial charge in [0.15, 0.2) is 0 Å². The summed E-state index contributed by atoms with van der Waals surface area (Å²) in [4.78, 5) is 11.9. The molecule has 2 N–H and O–H groups in total.